The van der Waals surface area contributed by atoms with Crippen LogP contribution in [-0.4, -0.2) is 26.2 Å². The van der Waals surface area contributed by atoms with Crippen molar-refractivity contribution in [2.75, 3.05) is 7.11 Å². The largest absolute Gasteiger partial charge is 0.508 e. The number of hydrogen-bond donors (Lipinski definition) is 1. The highest BCUT2D eigenvalue weighted by Gasteiger charge is 1.74. The number of hydrogen-bond acceptors (Lipinski definition) is 4. The first-order valence-corrected chi connectivity index (χ1v) is 8.49. The van der Waals surface area contributed by atoms with Gasteiger partial charge in [0, 0.05) is 7.11 Å². The van der Waals surface area contributed by atoms with Gasteiger partial charge in [0.2, 0.25) is 10.3 Å². The molecule has 0 aromatic heterocycles. The second-order valence-electron chi connectivity index (χ2n) is 1.93. The van der Waals surface area contributed by atoms with E-state index in [1.54, 1.807) is 24.3 Å². The van der Waals surface area contributed by atoms with Crippen molar-refractivity contribution in [2.24, 2.45) is 0 Å². The van der Waals surface area contributed by atoms with E-state index in [2.05, 4.69) is 4.74 Å². The molecule has 0 heterocycles. The van der Waals surface area contributed by atoms with Crippen LogP contribution >= 0.6 is 0 Å². The minimum Gasteiger partial charge on any atom is -0.508 e. The first kappa shape index (κ1) is 31.9. The molecule has 1 aromatic rings. The molecule has 1 N–H and O–H groups in total. The van der Waals surface area contributed by atoms with Gasteiger partial charge >= 0.3 is 0 Å². The minimum absolute atomic E-state index is 0.322. The van der Waals surface area contributed by atoms with Crippen LogP contribution in [0.3, 0.4) is 0 Å². The van der Waals surface area contributed by atoms with Crippen LogP contribution < -0.4 is 0 Å². The average molecular weight is 323 g/mol. The van der Waals surface area contributed by atoms with Crippen molar-refractivity contribution in [3.8, 4) is 5.75 Å². The fraction of sp³-hybridized carbons (Fsp3) is 0.562. The zero-order chi connectivity index (χ0) is 18.1. The Morgan fingerprint density at radius 1 is 0.857 bits per heavy atom. The fourth-order valence-corrected chi connectivity index (χ4v) is 0.664. The summed E-state index contributed by atoms with van der Waals surface area (Å²) in [6, 6.07) is 8.71. The normalized spacial score (nSPS) is 6.14. The Morgan fingerprint density at radius 2 is 1.19 bits per heavy atom. The van der Waals surface area contributed by atoms with Crippen molar-refractivity contribution in [1.29, 1.82) is 0 Å². The van der Waals surface area contributed by atoms with Gasteiger partial charge in [0.25, 0.3) is 0 Å². The van der Waals surface area contributed by atoms with Gasteiger partial charge in [0.1, 0.15) is 5.75 Å². The van der Waals surface area contributed by atoms with E-state index in [0.717, 1.165) is 0 Å². The summed E-state index contributed by atoms with van der Waals surface area (Å²) >= 11 is 0. The lowest BCUT2D eigenvalue weighted by atomic mass is 10.3. The fourth-order valence-electron chi connectivity index (χ4n) is 0.507. The molecule has 0 aliphatic carbocycles. The number of phenolic OH excluding ortho intramolecular Hbond substituents is 1. The van der Waals surface area contributed by atoms with Crippen LogP contribution in [0.15, 0.2) is 30.3 Å². The van der Waals surface area contributed by atoms with Crippen LogP contribution in [0.4, 0.5) is 0 Å². The van der Waals surface area contributed by atoms with Crippen LogP contribution in [0.1, 0.15) is 55.4 Å². The number of rotatable bonds is 1. The third-order valence-corrected chi connectivity index (χ3v) is 1.28. The Bertz CT molecular complexity index is 338. The van der Waals surface area contributed by atoms with Gasteiger partial charge in [0.15, 0.2) is 5.55 Å². The molecule has 0 saturated carbocycles. The topological polar surface area (TPSA) is 63.6 Å². The van der Waals surface area contributed by atoms with Crippen LogP contribution in [-0.2, 0) is 15.0 Å². The van der Waals surface area contributed by atoms with Crippen LogP contribution in [0.25, 0.3) is 0 Å². The Kier molecular flexibility index (Phi) is 64.9. The molecule has 0 aliphatic heterocycles. The Labute approximate surface area is 133 Å². The summed E-state index contributed by atoms with van der Waals surface area (Å²) in [7, 11) is -0.889. The average Bonchev–Trinajstić information content (AvgIpc) is 2.56. The van der Waals surface area contributed by atoms with E-state index in [1.165, 1.54) is 7.11 Å². The summed E-state index contributed by atoms with van der Waals surface area (Å²) in [5.74, 6) is 0.322. The number of para-hydroxylation sites is 1. The molecule has 0 radical (unpaired) electrons. The predicted molar refractivity (Wildman–Crippen MR) is 95.5 cm³/mol. The van der Waals surface area contributed by atoms with Crippen molar-refractivity contribution >= 4 is 15.8 Å². The molecular formula is C16H34O4S. The van der Waals surface area contributed by atoms with Crippen LogP contribution in [0.5, 0.6) is 5.75 Å². The molecule has 0 amide bonds. The van der Waals surface area contributed by atoms with Crippen molar-refractivity contribution in [3.05, 3.63) is 30.3 Å². The summed E-state index contributed by atoms with van der Waals surface area (Å²) in [5, 5.41) is 8.63. The maximum Gasteiger partial charge on any atom is 0.237 e. The molecule has 5 heteroatoms. The van der Waals surface area contributed by atoms with Gasteiger partial charge < -0.3 is 9.84 Å². The third kappa shape index (κ3) is 55.5. The summed E-state index contributed by atoms with van der Waals surface area (Å²) in [5.41, 5.74) is 0.708. The number of ether oxygens (including phenoxy) is 1. The molecule has 0 atom stereocenters. The van der Waals surface area contributed by atoms with E-state index >= 15 is 0 Å². The van der Waals surface area contributed by atoms with Crippen molar-refractivity contribution in [3.63, 3.8) is 0 Å². The first-order valence-electron chi connectivity index (χ1n) is 7.35. The molecular weight excluding hydrogens is 288 g/mol. The summed E-state index contributed by atoms with van der Waals surface area (Å²) in [6.45, 7) is 16.0. The quantitative estimate of drug-likeness (QED) is 0.756. The monoisotopic (exact) mass is 322 g/mol. The van der Waals surface area contributed by atoms with Gasteiger partial charge in [-0.05, 0) is 12.1 Å². The molecule has 21 heavy (non-hydrogen) atoms. The molecule has 0 fully saturated rings. The minimum atomic E-state index is -2.16. The summed E-state index contributed by atoms with van der Waals surface area (Å²) in [4.78, 5) is 0. The molecule has 0 aliphatic rings. The van der Waals surface area contributed by atoms with Gasteiger partial charge in [0.05, 0.1) is 0 Å². The second kappa shape index (κ2) is 42.8. The molecule has 0 spiro atoms. The Balaban J connectivity index is -0.0000000557. The van der Waals surface area contributed by atoms with Gasteiger partial charge in [-0.1, -0.05) is 73.6 Å². The lowest BCUT2D eigenvalue weighted by Crippen LogP contribution is -1.74. The van der Waals surface area contributed by atoms with E-state index in [4.69, 9.17) is 5.11 Å². The zero-order valence-corrected chi connectivity index (χ0v) is 15.9. The number of aromatic hydroxyl groups is 1. The highest BCUT2D eigenvalue weighted by atomic mass is 32.2. The maximum absolute atomic E-state index is 9.42. The third-order valence-electron chi connectivity index (χ3n) is 0.931. The first-order chi connectivity index (χ1) is 10.2. The summed E-state index contributed by atoms with van der Waals surface area (Å²) < 4.78 is 22.9. The molecule has 1 aromatic carbocycles. The van der Waals surface area contributed by atoms with Gasteiger partial charge in [-0.15, -0.1) is 0 Å². The molecule has 4 nitrogen and oxygen atoms in total. The van der Waals surface area contributed by atoms with E-state index in [-0.39, 0.29) is 0 Å². The van der Waals surface area contributed by atoms with Crippen LogP contribution in [0, 0.1) is 0 Å². The van der Waals surface area contributed by atoms with E-state index in [0.29, 0.717) is 11.3 Å². The van der Waals surface area contributed by atoms with E-state index < -0.39 is 10.3 Å². The number of phenols is 1. The van der Waals surface area contributed by atoms with Gasteiger partial charge in [-0.25, -0.2) is 0 Å². The SMILES string of the molecule is CC.CC.CC.CC.COC=S(=O)=O.Oc1ccccc1. The molecule has 0 bridgehead atoms. The Morgan fingerprint density at radius 3 is 1.29 bits per heavy atom. The van der Waals surface area contributed by atoms with Crippen molar-refractivity contribution in [1.82, 2.24) is 0 Å². The maximum atomic E-state index is 9.42. The van der Waals surface area contributed by atoms with Gasteiger partial charge in [-0.2, -0.15) is 8.42 Å². The lowest BCUT2D eigenvalue weighted by molar-refractivity contribution is 0.430. The highest BCUT2D eigenvalue weighted by Crippen LogP contribution is 2.02. The van der Waals surface area contributed by atoms with Gasteiger partial charge in [-0.3, -0.25) is 0 Å². The smallest absolute Gasteiger partial charge is 0.237 e. The molecule has 1 rings (SSSR count). The summed E-state index contributed by atoms with van der Waals surface area (Å²) in [6.07, 6.45) is 0. The van der Waals surface area contributed by atoms with Crippen molar-refractivity contribution < 1.29 is 18.3 Å². The van der Waals surface area contributed by atoms with Crippen LogP contribution in [0.2, 0.25) is 0 Å². The second-order valence-corrected chi connectivity index (χ2v) is 2.64. The number of benzene rings is 1. The lowest BCUT2D eigenvalue weighted by Gasteiger charge is -1.82. The zero-order valence-electron chi connectivity index (χ0n) is 15.0. The number of methoxy groups -OCH3 is 1. The molecule has 0 unspecified atom stereocenters. The molecule has 0 saturated heterocycles. The predicted octanol–water partition coefficient (Wildman–Crippen LogP) is 4.77. The van der Waals surface area contributed by atoms with E-state index in [9.17, 15) is 8.42 Å². The standard InChI is InChI=1S/C6H6O.C2H4O3S.4C2H6/c7-6-4-2-1-3-5-6;1-5-2-6(3)4;4*1-2/h1-5,7H;2H,1H3;4*1-2H3. The van der Waals surface area contributed by atoms with Crippen molar-refractivity contribution in [2.45, 2.75) is 55.4 Å². The highest BCUT2D eigenvalue weighted by molar-refractivity contribution is 7.71. The molecule has 128 valence electrons. The Hall–Kier alpha value is -1.33. The van der Waals surface area contributed by atoms with E-state index in [1.807, 2.05) is 61.5 Å².